The molecule has 18 heavy (non-hydrogen) atoms. The summed E-state index contributed by atoms with van der Waals surface area (Å²) in [6.45, 7) is 1.77. The summed E-state index contributed by atoms with van der Waals surface area (Å²) in [5.74, 6) is 5.78. The van der Waals surface area contributed by atoms with Crippen molar-refractivity contribution in [1.29, 1.82) is 0 Å². The summed E-state index contributed by atoms with van der Waals surface area (Å²) in [6.07, 6.45) is 1.62. The number of nitrogens with zero attached hydrogens (tertiary/aromatic N) is 2. The Hall–Kier alpha value is -1.37. The number of hydrogen-bond donors (Lipinski definition) is 2. The molecule has 0 saturated heterocycles. The van der Waals surface area contributed by atoms with Crippen LogP contribution in [-0.2, 0) is 0 Å². The van der Waals surface area contributed by atoms with Crippen molar-refractivity contribution >= 4 is 15.9 Å². The van der Waals surface area contributed by atoms with Crippen LogP contribution in [0.1, 0.15) is 23.1 Å². The fourth-order valence-electron chi connectivity index (χ4n) is 1.71. The lowest BCUT2D eigenvalue weighted by Crippen LogP contribution is -2.30. The number of rotatable bonds is 3. The minimum atomic E-state index is -0.510. The van der Waals surface area contributed by atoms with Crippen molar-refractivity contribution in [3.8, 4) is 0 Å². The maximum absolute atomic E-state index is 14.0. The van der Waals surface area contributed by atoms with Crippen molar-refractivity contribution in [3.63, 3.8) is 0 Å². The molecule has 0 fully saturated rings. The molecule has 0 bridgehead atoms. The molecule has 4 nitrogen and oxygen atoms in total. The van der Waals surface area contributed by atoms with Gasteiger partial charge in [0.2, 0.25) is 0 Å². The van der Waals surface area contributed by atoms with E-state index in [1.54, 1.807) is 37.4 Å². The summed E-state index contributed by atoms with van der Waals surface area (Å²) in [7, 11) is 0. The topological polar surface area (TPSA) is 63.8 Å². The lowest BCUT2D eigenvalue weighted by molar-refractivity contribution is 0.547. The van der Waals surface area contributed by atoms with Gasteiger partial charge in [-0.15, -0.1) is 0 Å². The number of benzene rings is 1. The number of nitrogens with two attached hydrogens (primary N) is 1. The highest BCUT2D eigenvalue weighted by atomic mass is 79.9. The maximum Gasteiger partial charge on any atom is 0.142 e. The predicted octanol–water partition coefficient (Wildman–Crippen LogP) is 2.24. The Balaban J connectivity index is 2.49. The van der Waals surface area contributed by atoms with Crippen LogP contribution in [0.4, 0.5) is 4.39 Å². The Labute approximate surface area is 113 Å². The molecule has 2 aromatic rings. The lowest BCUT2D eigenvalue weighted by atomic mass is 10.0. The second kappa shape index (κ2) is 5.51. The molecule has 2 rings (SSSR count). The van der Waals surface area contributed by atoms with Gasteiger partial charge in [-0.05, 0) is 35.0 Å². The number of nitrogens with one attached hydrogen (secondary N) is 1. The van der Waals surface area contributed by atoms with Crippen molar-refractivity contribution < 1.29 is 4.39 Å². The fourth-order valence-corrected chi connectivity index (χ4v) is 2.09. The Bertz CT molecular complexity index is 562. The number of halogens is 2. The van der Waals surface area contributed by atoms with Gasteiger partial charge >= 0.3 is 0 Å². The normalized spacial score (nSPS) is 12.4. The summed E-state index contributed by atoms with van der Waals surface area (Å²) in [6, 6.07) is 6.25. The first kappa shape index (κ1) is 13.1. The Kier molecular flexibility index (Phi) is 4.00. The second-order valence-electron chi connectivity index (χ2n) is 3.77. The standard InChI is InChI=1S/C12H12BrFN4/c1-7-16-6-5-10(17-7)12(18-15)8-3-2-4-9(13)11(8)14/h2-6,12,18H,15H2,1H3. The minimum Gasteiger partial charge on any atom is -0.271 e. The van der Waals surface area contributed by atoms with Gasteiger partial charge in [0.1, 0.15) is 11.6 Å². The summed E-state index contributed by atoms with van der Waals surface area (Å²) >= 11 is 3.15. The van der Waals surface area contributed by atoms with Crippen LogP contribution in [0, 0.1) is 12.7 Å². The summed E-state index contributed by atoms with van der Waals surface area (Å²) < 4.78 is 14.4. The van der Waals surface area contributed by atoms with Crippen LogP contribution in [0.25, 0.3) is 0 Å². The molecule has 1 aromatic heterocycles. The zero-order chi connectivity index (χ0) is 13.1. The van der Waals surface area contributed by atoms with Crippen molar-refractivity contribution in [1.82, 2.24) is 15.4 Å². The summed E-state index contributed by atoms with van der Waals surface area (Å²) in [5, 5.41) is 0. The Morgan fingerprint density at radius 1 is 1.39 bits per heavy atom. The van der Waals surface area contributed by atoms with Gasteiger partial charge in [0.15, 0.2) is 0 Å². The van der Waals surface area contributed by atoms with E-state index in [9.17, 15) is 4.39 Å². The summed E-state index contributed by atoms with van der Waals surface area (Å²) in [5.41, 5.74) is 3.64. The third kappa shape index (κ3) is 2.55. The van der Waals surface area contributed by atoms with E-state index in [0.717, 1.165) is 0 Å². The van der Waals surface area contributed by atoms with E-state index in [4.69, 9.17) is 5.84 Å². The lowest BCUT2D eigenvalue weighted by Gasteiger charge is -2.17. The van der Waals surface area contributed by atoms with Crippen LogP contribution in [-0.4, -0.2) is 9.97 Å². The third-order valence-corrected chi connectivity index (χ3v) is 3.16. The minimum absolute atomic E-state index is 0.350. The van der Waals surface area contributed by atoms with Gasteiger partial charge in [0.05, 0.1) is 16.2 Å². The highest BCUT2D eigenvalue weighted by Crippen LogP contribution is 2.26. The van der Waals surface area contributed by atoms with Crippen LogP contribution in [0.15, 0.2) is 34.9 Å². The van der Waals surface area contributed by atoms with Gasteiger partial charge in [-0.25, -0.2) is 19.8 Å². The zero-order valence-electron chi connectivity index (χ0n) is 9.69. The molecule has 0 amide bonds. The smallest absolute Gasteiger partial charge is 0.142 e. The zero-order valence-corrected chi connectivity index (χ0v) is 11.3. The van der Waals surface area contributed by atoms with Crippen molar-refractivity contribution in [2.24, 2.45) is 5.84 Å². The first-order valence-electron chi connectivity index (χ1n) is 5.33. The molecule has 0 aliphatic heterocycles. The van der Waals surface area contributed by atoms with E-state index in [-0.39, 0.29) is 5.82 Å². The number of aryl methyl sites for hydroxylation is 1. The van der Waals surface area contributed by atoms with Crippen molar-refractivity contribution in [2.75, 3.05) is 0 Å². The molecule has 3 N–H and O–H groups in total. The first-order chi connectivity index (χ1) is 8.63. The van der Waals surface area contributed by atoms with Crippen LogP contribution in [0.3, 0.4) is 0 Å². The molecule has 0 aliphatic rings. The van der Waals surface area contributed by atoms with E-state index in [1.807, 2.05) is 0 Å². The molecular weight excluding hydrogens is 299 g/mol. The molecule has 0 aliphatic carbocycles. The van der Waals surface area contributed by atoms with Gasteiger partial charge in [-0.1, -0.05) is 12.1 Å². The van der Waals surface area contributed by atoms with E-state index >= 15 is 0 Å². The van der Waals surface area contributed by atoms with Gasteiger partial charge in [-0.2, -0.15) is 0 Å². The predicted molar refractivity (Wildman–Crippen MR) is 70.0 cm³/mol. The molecule has 1 unspecified atom stereocenters. The average Bonchev–Trinajstić information content (AvgIpc) is 2.35. The highest BCUT2D eigenvalue weighted by molar-refractivity contribution is 9.10. The molecule has 6 heteroatoms. The number of aromatic nitrogens is 2. The number of hydrogen-bond acceptors (Lipinski definition) is 4. The molecule has 0 radical (unpaired) electrons. The average molecular weight is 311 g/mol. The van der Waals surface area contributed by atoms with Gasteiger partial charge in [-0.3, -0.25) is 5.84 Å². The highest BCUT2D eigenvalue weighted by Gasteiger charge is 2.19. The van der Waals surface area contributed by atoms with Gasteiger partial charge in [0.25, 0.3) is 0 Å². The van der Waals surface area contributed by atoms with Crippen LogP contribution in [0.5, 0.6) is 0 Å². The molecule has 94 valence electrons. The SMILES string of the molecule is Cc1nccc(C(NN)c2cccc(Br)c2F)n1. The molecule has 1 heterocycles. The van der Waals surface area contributed by atoms with Crippen LogP contribution in [0.2, 0.25) is 0 Å². The number of hydrazine groups is 1. The van der Waals surface area contributed by atoms with E-state index in [0.29, 0.717) is 21.6 Å². The van der Waals surface area contributed by atoms with Gasteiger partial charge < -0.3 is 0 Å². The van der Waals surface area contributed by atoms with E-state index < -0.39 is 6.04 Å². The van der Waals surface area contributed by atoms with Crippen LogP contribution < -0.4 is 11.3 Å². The van der Waals surface area contributed by atoms with E-state index in [1.165, 1.54) is 0 Å². The molecule has 0 saturated carbocycles. The van der Waals surface area contributed by atoms with E-state index in [2.05, 4.69) is 31.3 Å². The second-order valence-corrected chi connectivity index (χ2v) is 4.63. The van der Waals surface area contributed by atoms with Crippen LogP contribution >= 0.6 is 15.9 Å². The monoisotopic (exact) mass is 310 g/mol. The quantitative estimate of drug-likeness (QED) is 0.674. The molecular formula is C12H12BrFN4. The van der Waals surface area contributed by atoms with Crippen molar-refractivity contribution in [3.05, 3.63) is 57.8 Å². The van der Waals surface area contributed by atoms with Crippen molar-refractivity contribution in [2.45, 2.75) is 13.0 Å². The first-order valence-corrected chi connectivity index (χ1v) is 6.12. The van der Waals surface area contributed by atoms with Gasteiger partial charge in [0, 0.05) is 11.8 Å². The Morgan fingerprint density at radius 2 is 2.17 bits per heavy atom. The molecule has 1 atom stereocenters. The fraction of sp³-hybridized carbons (Fsp3) is 0.167. The molecule has 1 aromatic carbocycles. The largest absolute Gasteiger partial charge is 0.271 e. The molecule has 0 spiro atoms. The summed E-state index contributed by atoms with van der Waals surface area (Å²) in [4.78, 5) is 8.26. The Morgan fingerprint density at radius 3 is 2.83 bits per heavy atom. The maximum atomic E-state index is 14.0. The third-order valence-electron chi connectivity index (χ3n) is 2.55.